The largest absolute Gasteiger partial charge is 0.450 e. The normalized spacial score (nSPS) is 10.2. The Hall–Kier alpha value is -2.15. The van der Waals surface area contributed by atoms with Crippen LogP contribution in [0.15, 0.2) is 40.9 Å². The predicted octanol–water partition coefficient (Wildman–Crippen LogP) is 4.33. The third-order valence-electron chi connectivity index (χ3n) is 2.57. The Morgan fingerprint density at radius 1 is 1.30 bits per heavy atom. The number of hydrogen-bond donors (Lipinski definition) is 1. The molecule has 0 aliphatic carbocycles. The molecule has 104 valence electrons. The maximum atomic E-state index is 13.5. The summed E-state index contributed by atoms with van der Waals surface area (Å²) in [6, 6.07) is 8.82. The van der Waals surface area contributed by atoms with E-state index in [4.69, 9.17) is 4.74 Å². The third kappa shape index (κ3) is 3.05. The van der Waals surface area contributed by atoms with Gasteiger partial charge in [-0.05, 0) is 40.2 Å². The van der Waals surface area contributed by atoms with Crippen molar-refractivity contribution in [1.82, 2.24) is 0 Å². The third-order valence-corrected chi connectivity index (χ3v) is 3.18. The molecule has 0 aromatic heterocycles. The van der Waals surface area contributed by atoms with Crippen LogP contribution in [0.25, 0.3) is 0 Å². The van der Waals surface area contributed by atoms with Gasteiger partial charge in [0.15, 0.2) is 0 Å². The lowest BCUT2D eigenvalue weighted by Crippen LogP contribution is -1.95. The maximum Gasteiger partial charge on any atom is 0.312 e. The van der Waals surface area contributed by atoms with Gasteiger partial charge in [0.2, 0.25) is 5.75 Å². The van der Waals surface area contributed by atoms with E-state index in [2.05, 4.69) is 21.2 Å². The first-order valence-electron chi connectivity index (χ1n) is 5.60. The van der Waals surface area contributed by atoms with Crippen LogP contribution in [0.3, 0.4) is 0 Å². The number of ether oxygens (including phenoxy) is 1. The van der Waals surface area contributed by atoms with E-state index in [9.17, 15) is 14.5 Å². The maximum absolute atomic E-state index is 13.5. The van der Waals surface area contributed by atoms with Gasteiger partial charge in [-0.3, -0.25) is 10.1 Å². The van der Waals surface area contributed by atoms with Crippen LogP contribution in [-0.4, -0.2) is 12.0 Å². The molecule has 5 nitrogen and oxygen atoms in total. The van der Waals surface area contributed by atoms with Crippen LogP contribution in [0.1, 0.15) is 0 Å². The molecule has 2 rings (SSSR count). The lowest BCUT2D eigenvalue weighted by Gasteiger charge is -2.08. The van der Waals surface area contributed by atoms with Gasteiger partial charge in [-0.25, -0.2) is 4.39 Å². The number of hydrogen-bond acceptors (Lipinski definition) is 4. The van der Waals surface area contributed by atoms with Gasteiger partial charge in [0.1, 0.15) is 11.6 Å². The van der Waals surface area contributed by atoms with Crippen molar-refractivity contribution < 1.29 is 14.1 Å². The zero-order valence-electron chi connectivity index (χ0n) is 10.4. The van der Waals surface area contributed by atoms with Crippen molar-refractivity contribution >= 4 is 27.3 Å². The van der Waals surface area contributed by atoms with E-state index in [-0.39, 0.29) is 15.9 Å². The fourth-order valence-corrected chi connectivity index (χ4v) is 1.89. The van der Waals surface area contributed by atoms with E-state index in [1.165, 1.54) is 0 Å². The smallest absolute Gasteiger partial charge is 0.312 e. The van der Waals surface area contributed by atoms with Gasteiger partial charge in [0.25, 0.3) is 0 Å². The van der Waals surface area contributed by atoms with Gasteiger partial charge in [0, 0.05) is 24.9 Å². The summed E-state index contributed by atoms with van der Waals surface area (Å²) >= 11 is 2.91. The summed E-state index contributed by atoms with van der Waals surface area (Å²) < 4.78 is 18.9. The Morgan fingerprint density at radius 3 is 2.50 bits per heavy atom. The van der Waals surface area contributed by atoms with Crippen LogP contribution < -0.4 is 10.1 Å². The first-order chi connectivity index (χ1) is 9.51. The van der Waals surface area contributed by atoms with E-state index < -0.39 is 10.7 Å². The van der Waals surface area contributed by atoms with Crippen molar-refractivity contribution in [2.24, 2.45) is 0 Å². The van der Waals surface area contributed by atoms with E-state index >= 15 is 0 Å². The fraction of sp³-hybridized carbons (Fsp3) is 0.0769. The summed E-state index contributed by atoms with van der Waals surface area (Å²) in [6.45, 7) is 0. The second-order valence-electron chi connectivity index (χ2n) is 3.87. The molecule has 0 atom stereocenters. The molecule has 0 heterocycles. The van der Waals surface area contributed by atoms with Crippen molar-refractivity contribution in [2.75, 3.05) is 12.4 Å². The van der Waals surface area contributed by atoms with Gasteiger partial charge in [-0.2, -0.15) is 0 Å². The van der Waals surface area contributed by atoms with E-state index in [1.807, 2.05) is 0 Å². The fourth-order valence-electron chi connectivity index (χ4n) is 1.56. The van der Waals surface area contributed by atoms with Crippen LogP contribution in [0.5, 0.6) is 11.5 Å². The summed E-state index contributed by atoms with van der Waals surface area (Å²) in [4.78, 5) is 10.3. The van der Waals surface area contributed by atoms with Crippen LogP contribution in [-0.2, 0) is 0 Å². The Labute approximate surface area is 122 Å². The standard InChI is InChI=1S/C13H10BrFN2O3/c1-16-8-2-4-9(5-3-8)20-13-7-11(15)10(14)6-12(13)17(18)19/h2-7,16H,1H3. The lowest BCUT2D eigenvalue weighted by atomic mass is 10.2. The molecular formula is C13H10BrFN2O3. The number of nitro groups is 1. The molecule has 7 heteroatoms. The van der Waals surface area contributed by atoms with Crippen molar-refractivity contribution in [3.63, 3.8) is 0 Å². The van der Waals surface area contributed by atoms with E-state index in [0.717, 1.165) is 17.8 Å². The summed E-state index contributed by atoms with van der Waals surface area (Å²) in [5.41, 5.74) is 0.560. The highest BCUT2D eigenvalue weighted by atomic mass is 79.9. The van der Waals surface area contributed by atoms with Crippen LogP contribution in [0, 0.1) is 15.9 Å². The van der Waals surface area contributed by atoms with Gasteiger partial charge < -0.3 is 10.1 Å². The SMILES string of the molecule is CNc1ccc(Oc2cc(F)c(Br)cc2[N+](=O)[O-])cc1. The number of anilines is 1. The predicted molar refractivity (Wildman–Crippen MR) is 76.8 cm³/mol. The van der Waals surface area contributed by atoms with Crippen LogP contribution in [0.4, 0.5) is 15.8 Å². The highest BCUT2D eigenvalue weighted by Crippen LogP contribution is 2.35. The Morgan fingerprint density at radius 2 is 1.95 bits per heavy atom. The number of nitrogens with zero attached hydrogens (tertiary/aromatic N) is 1. The molecule has 0 radical (unpaired) electrons. The molecule has 0 bridgehead atoms. The molecule has 0 fully saturated rings. The first-order valence-corrected chi connectivity index (χ1v) is 6.39. The average molecular weight is 341 g/mol. The molecule has 0 amide bonds. The highest BCUT2D eigenvalue weighted by molar-refractivity contribution is 9.10. The summed E-state index contributed by atoms with van der Waals surface area (Å²) in [5.74, 6) is -0.390. The number of halogens is 2. The van der Waals surface area contributed by atoms with Crippen molar-refractivity contribution in [3.8, 4) is 11.5 Å². The second kappa shape index (κ2) is 5.87. The highest BCUT2D eigenvalue weighted by Gasteiger charge is 2.19. The second-order valence-corrected chi connectivity index (χ2v) is 4.72. The molecule has 2 aromatic carbocycles. The summed E-state index contributed by atoms with van der Waals surface area (Å²) in [6.07, 6.45) is 0. The minimum Gasteiger partial charge on any atom is -0.450 e. The van der Waals surface area contributed by atoms with Crippen LogP contribution in [0.2, 0.25) is 0 Å². The van der Waals surface area contributed by atoms with Crippen molar-refractivity contribution in [2.45, 2.75) is 0 Å². The molecule has 0 unspecified atom stereocenters. The zero-order valence-corrected chi connectivity index (χ0v) is 12.0. The molecule has 20 heavy (non-hydrogen) atoms. The molecule has 1 N–H and O–H groups in total. The average Bonchev–Trinajstić information content (AvgIpc) is 2.43. The van der Waals surface area contributed by atoms with Gasteiger partial charge >= 0.3 is 5.69 Å². The molecule has 0 spiro atoms. The minimum atomic E-state index is -0.627. The molecular weight excluding hydrogens is 331 g/mol. The van der Waals surface area contributed by atoms with Crippen LogP contribution >= 0.6 is 15.9 Å². The van der Waals surface area contributed by atoms with Gasteiger partial charge in [0.05, 0.1) is 9.40 Å². The van der Waals surface area contributed by atoms with Gasteiger partial charge in [-0.15, -0.1) is 0 Å². The molecule has 0 aliphatic heterocycles. The lowest BCUT2D eigenvalue weighted by molar-refractivity contribution is -0.385. The summed E-state index contributed by atoms with van der Waals surface area (Å²) in [5, 5.41) is 13.9. The topological polar surface area (TPSA) is 64.4 Å². The molecule has 0 aliphatic rings. The van der Waals surface area contributed by atoms with Gasteiger partial charge in [-0.1, -0.05) is 0 Å². The van der Waals surface area contributed by atoms with Crippen molar-refractivity contribution in [3.05, 3.63) is 56.8 Å². The Balaban J connectivity index is 2.36. The Kier molecular flexibility index (Phi) is 4.19. The zero-order chi connectivity index (χ0) is 14.7. The molecule has 0 saturated heterocycles. The monoisotopic (exact) mass is 340 g/mol. The number of nitro benzene ring substituents is 1. The van der Waals surface area contributed by atoms with E-state index in [1.54, 1.807) is 31.3 Å². The summed E-state index contributed by atoms with van der Waals surface area (Å²) in [7, 11) is 1.77. The first kappa shape index (κ1) is 14.3. The number of benzene rings is 2. The Bertz CT molecular complexity index is 647. The quantitative estimate of drug-likeness (QED) is 0.664. The minimum absolute atomic E-state index is 0.0158. The molecule has 2 aromatic rings. The molecule has 0 saturated carbocycles. The van der Waals surface area contributed by atoms with Crippen molar-refractivity contribution in [1.29, 1.82) is 0 Å². The number of nitrogens with one attached hydrogen (secondary N) is 1. The van der Waals surface area contributed by atoms with E-state index in [0.29, 0.717) is 5.75 Å². The number of rotatable bonds is 4.